The van der Waals surface area contributed by atoms with E-state index in [0.29, 0.717) is 12.4 Å². The third kappa shape index (κ3) is 3.74. The first-order chi connectivity index (χ1) is 9.74. The molecule has 0 aromatic carbocycles. The van der Waals surface area contributed by atoms with E-state index >= 15 is 0 Å². The summed E-state index contributed by atoms with van der Waals surface area (Å²) in [6.45, 7) is 0.684. The van der Waals surface area contributed by atoms with E-state index in [1.165, 1.54) is 6.20 Å². The molecule has 2 rings (SSSR count). The van der Waals surface area contributed by atoms with Crippen LogP contribution < -0.4 is 11.1 Å². The molecule has 1 aliphatic heterocycles. The maximum Gasteiger partial charge on any atom is 0.120 e. The lowest BCUT2D eigenvalue weighted by molar-refractivity contribution is 0.944. The predicted molar refractivity (Wildman–Crippen MR) is 87.4 cm³/mol. The van der Waals surface area contributed by atoms with Crippen molar-refractivity contribution >= 4 is 46.8 Å². The number of anilines is 1. The minimum absolute atomic E-state index is 0.220. The van der Waals surface area contributed by atoms with Crippen molar-refractivity contribution in [3.63, 3.8) is 0 Å². The molecular formula is C14H16Cl2N4. The lowest BCUT2D eigenvalue weighted by atomic mass is 10.1. The van der Waals surface area contributed by atoms with Crippen molar-refractivity contribution in [1.29, 1.82) is 0 Å². The SMILES string of the molecule is NC=C(C=NCCCCl)c1cnc2c(c1)NC(Cl)C=C2. The highest BCUT2D eigenvalue weighted by Crippen LogP contribution is 2.25. The summed E-state index contributed by atoms with van der Waals surface area (Å²) in [6, 6.07) is 1.97. The number of rotatable bonds is 5. The number of pyridine rings is 1. The van der Waals surface area contributed by atoms with Crippen LogP contribution in [0.25, 0.3) is 11.6 Å². The largest absolute Gasteiger partial charge is 0.404 e. The van der Waals surface area contributed by atoms with Gasteiger partial charge in [0.1, 0.15) is 5.50 Å². The molecular weight excluding hydrogens is 295 g/mol. The quantitative estimate of drug-likeness (QED) is 0.380. The van der Waals surface area contributed by atoms with Gasteiger partial charge in [-0.25, -0.2) is 0 Å². The van der Waals surface area contributed by atoms with Gasteiger partial charge in [0.25, 0.3) is 0 Å². The Labute approximate surface area is 128 Å². The first kappa shape index (κ1) is 14.9. The average Bonchev–Trinajstić information content (AvgIpc) is 2.46. The Morgan fingerprint density at radius 2 is 2.40 bits per heavy atom. The van der Waals surface area contributed by atoms with Gasteiger partial charge in [-0.1, -0.05) is 11.6 Å². The molecule has 1 unspecified atom stereocenters. The zero-order valence-electron chi connectivity index (χ0n) is 10.9. The molecule has 0 aliphatic carbocycles. The van der Waals surface area contributed by atoms with Crippen molar-refractivity contribution in [1.82, 2.24) is 4.98 Å². The van der Waals surface area contributed by atoms with Gasteiger partial charge in [0, 0.05) is 42.2 Å². The lowest BCUT2D eigenvalue weighted by Crippen LogP contribution is -2.14. The third-order valence-electron chi connectivity index (χ3n) is 2.80. The Hall–Kier alpha value is -1.52. The molecule has 20 heavy (non-hydrogen) atoms. The van der Waals surface area contributed by atoms with E-state index in [4.69, 9.17) is 28.9 Å². The minimum atomic E-state index is -0.220. The Morgan fingerprint density at radius 3 is 3.15 bits per heavy atom. The molecule has 1 atom stereocenters. The minimum Gasteiger partial charge on any atom is -0.404 e. The number of nitrogens with two attached hydrogens (primary N) is 1. The van der Waals surface area contributed by atoms with Crippen molar-refractivity contribution in [2.45, 2.75) is 11.9 Å². The van der Waals surface area contributed by atoms with Gasteiger partial charge in [-0.3, -0.25) is 9.98 Å². The summed E-state index contributed by atoms with van der Waals surface area (Å²) in [4.78, 5) is 8.67. The number of aromatic nitrogens is 1. The van der Waals surface area contributed by atoms with Gasteiger partial charge >= 0.3 is 0 Å². The number of halogens is 2. The van der Waals surface area contributed by atoms with Crippen molar-refractivity contribution in [2.24, 2.45) is 10.7 Å². The topological polar surface area (TPSA) is 63.3 Å². The fourth-order valence-electron chi connectivity index (χ4n) is 1.78. The van der Waals surface area contributed by atoms with Crippen molar-refractivity contribution in [2.75, 3.05) is 17.7 Å². The number of hydrogen-bond donors (Lipinski definition) is 2. The van der Waals surface area contributed by atoms with Gasteiger partial charge in [0.2, 0.25) is 0 Å². The second-order valence-corrected chi connectivity index (χ2v) is 5.11. The van der Waals surface area contributed by atoms with Crippen LogP contribution >= 0.6 is 23.2 Å². The number of nitrogens with zero attached hydrogens (tertiary/aromatic N) is 2. The molecule has 1 aliphatic rings. The molecule has 0 saturated carbocycles. The van der Waals surface area contributed by atoms with E-state index in [9.17, 15) is 0 Å². The fraction of sp³-hybridized carbons (Fsp3) is 0.286. The second-order valence-electron chi connectivity index (χ2n) is 4.26. The summed E-state index contributed by atoms with van der Waals surface area (Å²) >= 11 is 11.6. The molecule has 1 aromatic rings. The number of nitrogens with one attached hydrogen (secondary N) is 1. The molecule has 3 N–H and O–H groups in total. The normalized spacial score (nSPS) is 18.1. The zero-order chi connectivity index (χ0) is 14.4. The van der Waals surface area contributed by atoms with E-state index in [1.54, 1.807) is 12.4 Å². The Bertz CT molecular complexity index is 552. The number of allylic oxidation sites excluding steroid dienone is 1. The standard InChI is InChI=1S/C14H16Cl2N4/c15-4-1-5-18-8-11(7-17)10-6-13-12(19-9-10)2-3-14(16)20-13/h2-3,6-9,14,20H,1,4-5,17H2. The summed E-state index contributed by atoms with van der Waals surface area (Å²) < 4.78 is 0. The van der Waals surface area contributed by atoms with Crippen LogP contribution in [-0.2, 0) is 0 Å². The zero-order valence-corrected chi connectivity index (χ0v) is 12.4. The van der Waals surface area contributed by atoms with Crippen LogP contribution in [0.1, 0.15) is 17.7 Å². The highest BCUT2D eigenvalue weighted by molar-refractivity contribution is 6.23. The maximum atomic E-state index is 6.02. The molecule has 0 radical (unpaired) electrons. The molecule has 0 spiro atoms. The highest BCUT2D eigenvalue weighted by Gasteiger charge is 2.12. The Balaban J connectivity index is 2.17. The van der Waals surface area contributed by atoms with Crippen LogP contribution in [0.3, 0.4) is 0 Å². The first-order valence-corrected chi connectivity index (χ1v) is 7.28. The first-order valence-electron chi connectivity index (χ1n) is 6.31. The van der Waals surface area contributed by atoms with Gasteiger partial charge in [0.15, 0.2) is 0 Å². The van der Waals surface area contributed by atoms with Crippen molar-refractivity contribution in [3.8, 4) is 0 Å². The van der Waals surface area contributed by atoms with E-state index in [0.717, 1.165) is 28.9 Å². The number of alkyl halides is 2. The van der Waals surface area contributed by atoms with Crippen LogP contribution in [0, 0.1) is 0 Å². The predicted octanol–water partition coefficient (Wildman–Crippen LogP) is 3.08. The van der Waals surface area contributed by atoms with E-state index in [-0.39, 0.29) is 5.50 Å². The monoisotopic (exact) mass is 310 g/mol. The summed E-state index contributed by atoms with van der Waals surface area (Å²) in [5.74, 6) is 0.604. The van der Waals surface area contributed by atoms with Gasteiger partial charge < -0.3 is 11.1 Å². The van der Waals surface area contributed by atoms with E-state index < -0.39 is 0 Å². The molecule has 0 bridgehead atoms. The Kier molecular flexibility index (Phi) is 5.44. The number of hydrogen-bond acceptors (Lipinski definition) is 4. The molecule has 1 aromatic heterocycles. The van der Waals surface area contributed by atoms with Crippen molar-refractivity contribution < 1.29 is 0 Å². The van der Waals surface area contributed by atoms with E-state index in [1.807, 2.05) is 18.2 Å². The number of fused-ring (bicyclic) bond motifs is 1. The Morgan fingerprint density at radius 1 is 1.55 bits per heavy atom. The van der Waals surface area contributed by atoms with Crippen LogP contribution in [0.4, 0.5) is 5.69 Å². The molecule has 2 heterocycles. The molecule has 4 nitrogen and oxygen atoms in total. The fourth-order valence-corrected chi connectivity index (χ4v) is 2.09. The summed E-state index contributed by atoms with van der Waals surface area (Å²) in [5.41, 5.74) is 8.90. The second kappa shape index (κ2) is 7.31. The van der Waals surface area contributed by atoms with Gasteiger partial charge in [-0.05, 0) is 24.6 Å². The third-order valence-corrected chi connectivity index (χ3v) is 3.32. The van der Waals surface area contributed by atoms with Gasteiger partial charge in [-0.2, -0.15) is 0 Å². The van der Waals surface area contributed by atoms with Crippen molar-refractivity contribution in [3.05, 3.63) is 35.8 Å². The number of aliphatic imine (C=N–C) groups is 1. The molecule has 6 heteroatoms. The average molecular weight is 311 g/mol. The smallest absolute Gasteiger partial charge is 0.120 e. The summed E-state index contributed by atoms with van der Waals surface area (Å²) in [5, 5.41) is 3.14. The maximum absolute atomic E-state index is 6.02. The van der Waals surface area contributed by atoms with Crippen LogP contribution in [-0.4, -0.2) is 29.1 Å². The molecule has 0 fully saturated rings. The van der Waals surface area contributed by atoms with Crippen LogP contribution in [0.15, 0.2) is 29.5 Å². The van der Waals surface area contributed by atoms with Gasteiger partial charge in [-0.15, -0.1) is 11.6 Å². The lowest BCUT2D eigenvalue weighted by Gasteiger charge is -2.17. The molecule has 0 saturated heterocycles. The van der Waals surface area contributed by atoms with Crippen LogP contribution in [0.2, 0.25) is 0 Å². The summed E-state index contributed by atoms with van der Waals surface area (Å²) in [6.07, 6.45) is 9.62. The molecule has 0 amide bonds. The highest BCUT2D eigenvalue weighted by atomic mass is 35.5. The van der Waals surface area contributed by atoms with Crippen LogP contribution in [0.5, 0.6) is 0 Å². The van der Waals surface area contributed by atoms with Gasteiger partial charge in [0.05, 0.1) is 11.4 Å². The van der Waals surface area contributed by atoms with E-state index in [2.05, 4.69) is 15.3 Å². The summed E-state index contributed by atoms with van der Waals surface area (Å²) in [7, 11) is 0. The molecule has 106 valence electrons.